The van der Waals surface area contributed by atoms with Crippen molar-refractivity contribution in [1.82, 2.24) is 5.32 Å². The SMILES string of the molecule is O=C(NC1(c2ccccc2)CCC1)c1c(F)cccc1Cl. The molecule has 0 aromatic heterocycles. The highest BCUT2D eigenvalue weighted by Gasteiger charge is 2.40. The van der Waals surface area contributed by atoms with E-state index in [1.807, 2.05) is 30.3 Å². The molecule has 2 aromatic rings. The van der Waals surface area contributed by atoms with Gasteiger partial charge in [0, 0.05) is 0 Å². The number of nitrogens with one attached hydrogen (secondary N) is 1. The molecule has 0 aliphatic heterocycles. The van der Waals surface area contributed by atoms with Gasteiger partial charge in [0.15, 0.2) is 0 Å². The molecule has 1 N–H and O–H groups in total. The lowest BCUT2D eigenvalue weighted by Crippen LogP contribution is -2.51. The molecule has 0 saturated heterocycles. The number of carbonyl (C=O) groups is 1. The van der Waals surface area contributed by atoms with Crippen molar-refractivity contribution in [3.05, 3.63) is 70.5 Å². The summed E-state index contributed by atoms with van der Waals surface area (Å²) in [4.78, 5) is 12.4. The van der Waals surface area contributed by atoms with Crippen LogP contribution < -0.4 is 5.32 Å². The molecule has 0 heterocycles. The van der Waals surface area contributed by atoms with E-state index in [1.54, 1.807) is 0 Å². The van der Waals surface area contributed by atoms with E-state index >= 15 is 0 Å². The first-order chi connectivity index (χ1) is 10.1. The Labute approximate surface area is 127 Å². The van der Waals surface area contributed by atoms with E-state index in [9.17, 15) is 9.18 Å². The Kier molecular flexibility index (Phi) is 3.68. The molecule has 0 radical (unpaired) electrons. The molecule has 1 saturated carbocycles. The highest BCUT2D eigenvalue weighted by molar-refractivity contribution is 6.33. The van der Waals surface area contributed by atoms with Crippen molar-refractivity contribution in [3.63, 3.8) is 0 Å². The van der Waals surface area contributed by atoms with Crippen LogP contribution in [0, 0.1) is 5.82 Å². The summed E-state index contributed by atoms with van der Waals surface area (Å²) in [6.07, 6.45) is 2.75. The Morgan fingerprint density at radius 3 is 2.38 bits per heavy atom. The number of benzene rings is 2. The Bertz CT molecular complexity index is 647. The Morgan fingerprint density at radius 1 is 1.10 bits per heavy atom. The van der Waals surface area contributed by atoms with Gasteiger partial charge in [0.05, 0.1) is 16.1 Å². The van der Waals surface area contributed by atoms with E-state index in [4.69, 9.17) is 11.6 Å². The summed E-state index contributed by atoms with van der Waals surface area (Å²) in [7, 11) is 0. The quantitative estimate of drug-likeness (QED) is 0.900. The number of amides is 1. The maximum absolute atomic E-state index is 13.9. The fourth-order valence-electron chi connectivity index (χ4n) is 2.77. The molecule has 0 atom stereocenters. The van der Waals surface area contributed by atoms with Gasteiger partial charge in [0.1, 0.15) is 5.82 Å². The molecule has 0 bridgehead atoms. The van der Waals surface area contributed by atoms with E-state index in [2.05, 4.69) is 5.32 Å². The Balaban J connectivity index is 1.90. The van der Waals surface area contributed by atoms with Crippen molar-refractivity contribution in [2.45, 2.75) is 24.8 Å². The van der Waals surface area contributed by atoms with Crippen LogP contribution in [0.2, 0.25) is 5.02 Å². The highest BCUT2D eigenvalue weighted by atomic mass is 35.5. The van der Waals surface area contributed by atoms with Crippen LogP contribution in [-0.4, -0.2) is 5.91 Å². The smallest absolute Gasteiger partial charge is 0.256 e. The first kappa shape index (κ1) is 14.1. The molecule has 2 aromatic carbocycles. The number of rotatable bonds is 3. The van der Waals surface area contributed by atoms with Gasteiger partial charge in [-0.2, -0.15) is 0 Å². The van der Waals surface area contributed by atoms with E-state index in [0.29, 0.717) is 0 Å². The van der Waals surface area contributed by atoms with Gasteiger partial charge >= 0.3 is 0 Å². The van der Waals surface area contributed by atoms with Gasteiger partial charge in [-0.1, -0.05) is 48.0 Å². The van der Waals surface area contributed by atoms with Gasteiger partial charge in [0.2, 0.25) is 0 Å². The van der Waals surface area contributed by atoms with Crippen LogP contribution >= 0.6 is 11.6 Å². The second-order valence-corrected chi connectivity index (χ2v) is 5.76. The minimum Gasteiger partial charge on any atom is -0.342 e. The Morgan fingerprint density at radius 2 is 1.81 bits per heavy atom. The molecule has 108 valence electrons. The van der Waals surface area contributed by atoms with Gasteiger partial charge in [-0.05, 0) is 37.0 Å². The van der Waals surface area contributed by atoms with Gasteiger partial charge < -0.3 is 5.32 Å². The largest absolute Gasteiger partial charge is 0.342 e. The second-order valence-electron chi connectivity index (χ2n) is 5.35. The van der Waals surface area contributed by atoms with Gasteiger partial charge in [-0.3, -0.25) is 4.79 Å². The minimum absolute atomic E-state index is 0.0821. The number of hydrogen-bond acceptors (Lipinski definition) is 1. The average molecular weight is 304 g/mol. The van der Waals surface area contributed by atoms with E-state index in [-0.39, 0.29) is 10.6 Å². The van der Waals surface area contributed by atoms with Crippen LogP contribution in [-0.2, 0) is 5.54 Å². The molecular formula is C17H15ClFNO. The predicted octanol–water partition coefficient (Wildman–Crippen LogP) is 4.29. The van der Waals surface area contributed by atoms with Crippen molar-refractivity contribution in [1.29, 1.82) is 0 Å². The van der Waals surface area contributed by atoms with E-state index < -0.39 is 17.3 Å². The number of halogens is 2. The lowest BCUT2D eigenvalue weighted by atomic mass is 9.71. The summed E-state index contributed by atoms with van der Waals surface area (Å²) >= 11 is 5.96. The zero-order valence-electron chi connectivity index (χ0n) is 11.4. The minimum atomic E-state index is -0.595. The van der Waals surface area contributed by atoms with E-state index in [0.717, 1.165) is 24.8 Å². The van der Waals surface area contributed by atoms with Crippen LogP contribution in [0.25, 0.3) is 0 Å². The van der Waals surface area contributed by atoms with Crippen LogP contribution in [0.1, 0.15) is 35.2 Å². The topological polar surface area (TPSA) is 29.1 Å². The Hall–Kier alpha value is -1.87. The molecule has 21 heavy (non-hydrogen) atoms. The zero-order valence-corrected chi connectivity index (χ0v) is 12.2. The predicted molar refractivity (Wildman–Crippen MR) is 80.8 cm³/mol. The highest BCUT2D eigenvalue weighted by Crippen LogP contribution is 2.41. The van der Waals surface area contributed by atoms with Crippen molar-refractivity contribution >= 4 is 17.5 Å². The summed E-state index contributed by atoms with van der Waals surface area (Å²) < 4.78 is 13.9. The second kappa shape index (κ2) is 5.49. The molecule has 1 amide bonds. The molecule has 2 nitrogen and oxygen atoms in total. The molecule has 1 aliphatic carbocycles. The fourth-order valence-corrected chi connectivity index (χ4v) is 3.02. The van der Waals surface area contributed by atoms with Gasteiger partial charge in [-0.15, -0.1) is 0 Å². The summed E-state index contributed by atoms with van der Waals surface area (Å²) in [6, 6.07) is 14.1. The van der Waals surface area contributed by atoms with Crippen molar-refractivity contribution in [2.75, 3.05) is 0 Å². The maximum Gasteiger partial charge on any atom is 0.256 e. The first-order valence-corrected chi connectivity index (χ1v) is 7.32. The van der Waals surface area contributed by atoms with E-state index in [1.165, 1.54) is 18.2 Å². The molecular weight excluding hydrogens is 289 g/mol. The fraction of sp³-hybridized carbons (Fsp3) is 0.235. The lowest BCUT2D eigenvalue weighted by Gasteiger charge is -2.43. The van der Waals surface area contributed by atoms with Crippen LogP contribution in [0.5, 0.6) is 0 Å². The third kappa shape index (κ3) is 2.54. The molecule has 1 aliphatic rings. The molecule has 3 rings (SSSR count). The molecule has 1 fully saturated rings. The summed E-state index contributed by atoms with van der Waals surface area (Å²) in [6.45, 7) is 0. The third-order valence-corrected chi connectivity index (χ3v) is 4.39. The van der Waals surface area contributed by atoms with Crippen molar-refractivity contribution < 1.29 is 9.18 Å². The standard InChI is InChI=1S/C17H15ClFNO/c18-13-8-4-9-14(19)15(13)16(21)20-17(10-5-11-17)12-6-2-1-3-7-12/h1-4,6-9H,5,10-11H2,(H,20,21). The van der Waals surface area contributed by atoms with Crippen LogP contribution in [0.4, 0.5) is 4.39 Å². The summed E-state index contributed by atoms with van der Waals surface area (Å²) in [5.41, 5.74) is 0.572. The van der Waals surface area contributed by atoms with Crippen LogP contribution in [0.15, 0.2) is 48.5 Å². The van der Waals surface area contributed by atoms with Gasteiger partial charge in [0.25, 0.3) is 5.91 Å². The van der Waals surface area contributed by atoms with Crippen molar-refractivity contribution in [3.8, 4) is 0 Å². The monoisotopic (exact) mass is 303 g/mol. The average Bonchev–Trinajstić information content (AvgIpc) is 2.43. The maximum atomic E-state index is 13.9. The number of carbonyl (C=O) groups excluding carboxylic acids is 1. The summed E-state index contributed by atoms with van der Waals surface area (Å²) in [5, 5.41) is 3.12. The molecule has 4 heteroatoms. The summed E-state index contributed by atoms with van der Waals surface area (Å²) in [5.74, 6) is -1.05. The van der Waals surface area contributed by atoms with Crippen molar-refractivity contribution in [2.24, 2.45) is 0 Å². The first-order valence-electron chi connectivity index (χ1n) is 6.94. The third-order valence-electron chi connectivity index (χ3n) is 4.08. The molecule has 0 unspecified atom stereocenters. The molecule has 0 spiro atoms. The zero-order chi connectivity index (χ0) is 14.9. The van der Waals surface area contributed by atoms with Gasteiger partial charge in [-0.25, -0.2) is 4.39 Å². The number of hydrogen-bond donors (Lipinski definition) is 1. The lowest BCUT2D eigenvalue weighted by molar-refractivity contribution is 0.0819. The van der Waals surface area contributed by atoms with Crippen LogP contribution in [0.3, 0.4) is 0 Å². The normalized spacial score (nSPS) is 16.1.